The van der Waals surface area contributed by atoms with E-state index in [0.717, 1.165) is 45.8 Å². The number of allylic oxidation sites excluding steroid dienone is 1. The van der Waals surface area contributed by atoms with Gasteiger partial charge >= 0.3 is 0 Å². The molecule has 5 rings (SSSR count). The Labute approximate surface area is 185 Å². The maximum absolute atomic E-state index is 6.84. The lowest BCUT2D eigenvalue weighted by molar-refractivity contribution is 0.557. The fourth-order valence-corrected chi connectivity index (χ4v) is 6.33. The number of para-hydroxylation sites is 1. The molecule has 0 saturated heterocycles. The zero-order chi connectivity index (χ0) is 20.5. The summed E-state index contributed by atoms with van der Waals surface area (Å²) in [5, 5.41) is 0. The molecule has 2 aliphatic rings. The van der Waals surface area contributed by atoms with Crippen LogP contribution in [0.15, 0.2) is 101 Å². The van der Waals surface area contributed by atoms with Crippen LogP contribution >= 0.6 is 22.3 Å². The quantitative estimate of drug-likeness (QED) is 0.381. The molecule has 0 aromatic heterocycles. The molecule has 0 bridgehead atoms. The fraction of sp³-hybridized carbons (Fsp3) is 0.120. The number of anilines is 1. The first-order chi connectivity index (χ1) is 14.7. The van der Waals surface area contributed by atoms with Gasteiger partial charge in [-0.05, 0) is 46.6 Å². The lowest BCUT2D eigenvalue weighted by atomic mass is 10.1. The Bertz CT molecular complexity index is 1150. The van der Waals surface area contributed by atoms with Gasteiger partial charge in [-0.1, -0.05) is 72.3 Å². The van der Waals surface area contributed by atoms with Gasteiger partial charge < -0.3 is 4.90 Å². The van der Waals surface area contributed by atoms with Gasteiger partial charge in [0.15, 0.2) is 0 Å². The highest BCUT2D eigenvalue weighted by atomic mass is 35.5. The second kappa shape index (κ2) is 8.13. The van der Waals surface area contributed by atoms with Gasteiger partial charge in [0.2, 0.25) is 0 Å². The maximum atomic E-state index is 6.84. The predicted molar refractivity (Wildman–Crippen MR) is 131 cm³/mol. The first-order valence-corrected chi connectivity index (χ1v) is 11.5. The highest BCUT2D eigenvalue weighted by Gasteiger charge is 2.27. The largest absolute Gasteiger partial charge is 0.358 e. The van der Waals surface area contributed by atoms with E-state index in [1.54, 1.807) is 0 Å². The number of benzene rings is 3. The summed E-state index contributed by atoms with van der Waals surface area (Å²) in [6.07, 6.45) is 2.11. The third-order valence-electron chi connectivity index (χ3n) is 5.29. The van der Waals surface area contributed by atoms with Crippen LogP contribution < -0.4 is 4.31 Å². The van der Waals surface area contributed by atoms with Gasteiger partial charge in [0.1, 0.15) is 5.84 Å². The second-order valence-electron chi connectivity index (χ2n) is 7.27. The Morgan fingerprint density at radius 3 is 2.10 bits per heavy atom. The van der Waals surface area contributed by atoms with E-state index >= 15 is 0 Å². The highest BCUT2D eigenvalue weighted by molar-refractivity contribution is 8.19. The summed E-state index contributed by atoms with van der Waals surface area (Å²) in [7, 11) is 1.72. The molecule has 0 aliphatic carbocycles. The number of hydrogen-bond acceptors (Lipinski definition) is 3. The van der Waals surface area contributed by atoms with E-state index in [0.29, 0.717) is 0 Å². The maximum Gasteiger partial charge on any atom is 0.130 e. The molecular formula is C25H22ClN3S. The average molecular weight is 432 g/mol. The fourth-order valence-electron chi connectivity index (χ4n) is 3.82. The molecule has 5 heteroatoms. The van der Waals surface area contributed by atoms with Gasteiger partial charge in [-0.3, -0.25) is 9.30 Å². The summed E-state index contributed by atoms with van der Waals surface area (Å²) < 4.78 is 3.20. The topological polar surface area (TPSA) is 18.8 Å². The highest BCUT2D eigenvalue weighted by Crippen LogP contribution is 2.47. The number of nitrogens with zero attached hydrogens (tertiary/aromatic N) is 3. The van der Waals surface area contributed by atoms with Crippen molar-refractivity contribution in [2.75, 3.05) is 24.4 Å². The molecule has 0 spiro atoms. The van der Waals surface area contributed by atoms with Gasteiger partial charge in [-0.25, -0.2) is 0 Å². The van der Waals surface area contributed by atoms with Crippen LogP contribution in [0.3, 0.4) is 0 Å². The minimum absolute atomic E-state index is 0.377. The van der Waals surface area contributed by atoms with Crippen LogP contribution in [0.1, 0.15) is 11.1 Å². The Kier molecular flexibility index (Phi) is 5.19. The van der Waals surface area contributed by atoms with Crippen LogP contribution in [0.5, 0.6) is 0 Å². The average Bonchev–Trinajstić information content (AvgIpc) is 3.38. The summed E-state index contributed by atoms with van der Waals surface area (Å²) in [5.41, 5.74) is 4.55. The van der Waals surface area contributed by atoms with E-state index in [-0.39, 0.29) is 10.7 Å². The predicted octanol–water partition coefficient (Wildman–Crippen LogP) is 5.85. The van der Waals surface area contributed by atoms with Crippen molar-refractivity contribution in [2.45, 2.75) is 4.90 Å². The molecule has 1 unspecified atom stereocenters. The van der Waals surface area contributed by atoms with E-state index in [4.69, 9.17) is 11.6 Å². The molecular weight excluding hydrogens is 410 g/mol. The van der Waals surface area contributed by atoms with Crippen LogP contribution in [-0.4, -0.2) is 35.2 Å². The normalized spacial score (nSPS) is 18.6. The van der Waals surface area contributed by atoms with E-state index in [2.05, 4.69) is 100 Å². The van der Waals surface area contributed by atoms with Crippen LogP contribution in [0.25, 0.3) is 5.70 Å². The van der Waals surface area contributed by atoms with Gasteiger partial charge in [-0.15, -0.1) is 0 Å². The smallest absolute Gasteiger partial charge is 0.130 e. The summed E-state index contributed by atoms with van der Waals surface area (Å²) in [6, 6.07) is 29.6. The van der Waals surface area contributed by atoms with Crippen molar-refractivity contribution in [3.8, 4) is 0 Å². The van der Waals surface area contributed by atoms with Gasteiger partial charge in [0.25, 0.3) is 0 Å². The second-order valence-corrected chi connectivity index (χ2v) is 9.74. The minimum atomic E-state index is -0.377. The lowest BCUT2D eigenvalue weighted by Gasteiger charge is -2.27. The SMILES string of the molecule is CN1CCN=C1c1ccc(C2=CC(Cl)=S(c3ccccc3)N2c2ccccc2)cc1. The number of rotatable bonds is 4. The van der Waals surface area contributed by atoms with Crippen molar-refractivity contribution >= 4 is 43.8 Å². The van der Waals surface area contributed by atoms with E-state index < -0.39 is 0 Å². The molecule has 1 atom stereocenters. The summed E-state index contributed by atoms with van der Waals surface area (Å²) in [6.45, 7) is 1.85. The molecule has 0 amide bonds. The van der Waals surface area contributed by atoms with Gasteiger partial charge in [0.05, 0.1) is 22.3 Å². The summed E-state index contributed by atoms with van der Waals surface area (Å²) >= 11 is 6.84. The lowest BCUT2D eigenvalue weighted by Crippen LogP contribution is -2.23. The van der Waals surface area contributed by atoms with Crippen LogP contribution in [0.2, 0.25) is 0 Å². The standard InChI is InChI=1S/C25H22ClN3S/c1-28-17-16-27-25(28)20-14-12-19(13-15-20)23-18-24(26)30(22-10-6-3-7-11-22)29(23)21-8-4-2-5-9-21/h2-15,18H,16-17H2,1H3. The third-order valence-corrected chi connectivity index (χ3v) is 7.82. The zero-order valence-electron chi connectivity index (χ0n) is 16.7. The number of hydrogen-bond donors (Lipinski definition) is 0. The number of halogens is 1. The Balaban J connectivity index is 1.55. The minimum Gasteiger partial charge on any atom is -0.358 e. The van der Waals surface area contributed by atoms with Crippen molar-refractivity contribution in [1.29, 1.82) is 0 Å². The van der Waals surface area contributed by atoms with Gasteiger partial charge in [0, 0.05) is 24.1 Å². The molecule has 3 nitrogen and oxygen atoms in total. The van der Waals surface area contributed by atoms with E-state index in [1.165, 1.54) is 4.90 Å². The van der Waals surface area contributed by atoms with E-state index in [9.17, 15) is 0 Å². The van der Waals surface area contributed by atoms with Gasteiger partial charge in [-0.2, -0.15) is 0 Å². The zero-order valence-corrected chi connectivity index (χ0v) is 18.3. The van der Waals surface area contributed by atoms with Crippen LogP contribution in [-0.2, 0) is 0 Å². The molecule has 0 radical (unpaired) electrons. The van der Waals surface area contributed by atoms with Crippen molar-refractivity contribution in [3.63, 3.8) is 0 Å². The Morgan fingerprint density at radius 1 is 0.833 bits per heavy atom. The first kappa shape index (κ1) is 19.2. The molecule has 2 aliphatic heterocycles. The molecule has 0 N–H and O–H groups in total. The van der Waals surface area contributed by atoms with Crippen molar-refractivity contribution < 1.29 is 0 Å². The van der Waals surface area contributed by atoms with Crippen molar-refractivity contribution in [1.82, 2.24) is 4.90 Å². The third kappa shape index (κ3) is 3.47. The molecule has 0 saturated carbocycles. The molecule has 3 aromatic rings. The Hall–Kier alpha value is -2.82. The summed E-state index contributed by atoms with van der Waals surface area (Å²) in [4.78, 5) is 8.04. The van der Waals surface area contributed by atoms with Crippen LogP contribution in [0.4, 0.5) is 5.69 Å². The van der Waals surface area contributed by atoms with E-state index in [1.807, 2.05) is 12.1 Å². The molecule has 30 heavy (non-hydrogen) atoms. The van der Waals surface area contributed by atoms with Crippen LogP contribution in [0, 0.1) is 0 Å². The molecule has 150 valence electrons. The Morgan fingerprint density at radius 2 is 1.47 bits per heavy atom. The molecule has 2 heterocycles. The summed E-state index contributed by atoms with van der Waals surface area (Å²) in [5.74, 6) is 1.07. The molecule has 3 aromatic carbocycles. The molecule has 0 fully saturated rings. The monoisotopic (exact) mass is 431 g/mol. The first-order valence-electron chi connectivity index (χ1n) is 9.97. The number of likely N-dealkylation sites (N-methyl/N-ethyl adjacent to an activating group) is 1. The number of amidine groups is 1. The van der Waals surface area contributed by atoms with Crippen molar-refractivity contribution in [3.05, 3.63) is 102 Å². The number of aliphatic imine (C=N–C) groups is 1. The van der Waals surface area contributed by atoms with Crippen molar-refractivity contribution in [2.24, 2.45) is 4.99 Å².